The molecule has 0 spiro atoms. The summed E-state index contributed by atoms with van der Waals surface area (Å²) >= 11 is 0. The summed E-state index contributed by atoms with van der Waals surface area (Å²) in [6.07, 6.45) is 19.2. The van der Waals surface area contributed by atoms with Crippen molar-refractivity contribution in [1.29, 1.82) is 0 Å². The zero-order chi connectivity index (χ0) is 44.8. The van der Waals surface area contributed by atoms with E-state index in [4.69, 9.17) is 28.4 Å². The molecule has 0 heterocycles. The van der Waals surface area contributed by atoms with Crippen molar-refractivity contribution in [3.05, 3.63) is 59.7 Å². The van der Waals surface area contributed by atoms with Crippen molar-refractivity contribution in [2.45, 2.75) is 182 Å². The zero-order valence-corrected chi connectivity index (χ0v) is 39.0. The van der Waals surface area contributed by atoms with Gasteiger partial charge in [0.2, 0.25) is 12.2 Å². The van der Waals surface area contributed by atoms with Crippen molar-refractivity contribution in [1.82, 2.24) is 0 Å². The van der Waals surface area contributed by atoms with Crippen molar-refractivity contribution >= 4 is 23.9 Å². The molecule has 0 bridgehead atoms. The Morgan fingerprint density at radius 3 is 1.18 bits per heavy atom. The number of hydrogen-bond acceptors (Lipinski definition) is 10. The van der Waals surface area contributed by atoms with Gasteiger partial charge in [0.25, 0.3) is 0 Å². The largest absolute Gasteiger partial charge is 0.494 e. The Morgan fingerprint density at radius 2 is 0.855 bits per heavy atom. The van der Waals surface area contributed by atoms with Crippen LogP contribution in [0.3, 0.4) is 0 Å². The van der Waals surface area contributed by atoms with E-state index < -0.39 is 36.1 Å². The molecular formula is C52H78O10. The van der Waals surface area contributed by atoms with Crippen LogP contribution < -0.4 is 9.47 Å². The van der Waals surface area contributed by atoms with Gasteiger partial charge in [-0.2, -0.15) is 0 Å². The summed E-state index contributed by atoms with van der Waals surface area (Å²) in [5.41, 5.74) is 1.01. The Bertz CT molecular complexity index is 1500. The number of hydrogen-bond donors (Lipinski definition) is 0. The Hall–Kier alpha value is -4.08. The van der Waals surface area contributed by atoms with Gasteiger partial charge in [0.05, 0.1) is 37.6 Å². The quantitative estimate of drug-likeness (QED) is 0.0487. The molecule has 10 heteroatoms. The summed E-state index contributed by atoms with van der Waals surface area (Å²) in [7, 11) is 0. The smallest absolute Gasteiger partial charge is 0.352 e. The Labute approximate surface area is 372 Å². The molecule has 0 N–H and O–H groups in total. The maximum atomic E-state index is 13.6. The molecule has 4 rings (SSSR count). The highest BCUT2D eigenvalue weighted by atomic mass is 16.6. The van der Waals surface area contributed by atoms with Gasteiger partial charge in [-0.15, -0.1) is 0 Å². The molecule has 346 valence electrons. The van der Waals surface area contributed by atoms with Crippen LogP contribution in [0.2, 0.25) is 0 Å². The lowest BCUT2D eigenvalue weighted by atomic mass is 9.63. The Balaban J connectivity index is 1.39. The van der Waals surface area contributed by atoms with E-state index in [-0.39, 0.29) is 24.3 Å². The third-order valence-corrected chi connectivity index (χ3v) is 13.7. The molecule has 2 saturated carbocycles. The highest BCUT2D eigenvalue weighted by molar-refractivity contribution is 5.96. The highest BCUT2D eigenvalue weighted by Crippen LogP contribution is 2.49. The molecule has 0 aliphatic heterocycles. The van der Waals surface area contributed by atoms with Gasteiger partial charge < -0.3 is 28.4 Å². The van der Waals surface area contributed by atoms with E-state index in [0.29, 0.717) is 60.2 Å². The van der Waals surface area contributed by atoms with Gasteiger partial charge in [-0.05, 0) is 135 Å². The molecule has 2 fully saturated rings. The number of esters is 4. The van der Waals surface area contributed by atoms with Crippen LogP contribution in [0, 0.1) is 22.7 Å². The fraction of sp³-hybridized carbons (Fsp3) is 0.692. The SMILES string of the molecule is CCCOC(=O)[C@H](OC(=O)c1ccc(OCCCC2(C(C)CCC)CCCCC2)cc1)[C@@H](OC(=O)c1ccc(OCCCC2(C(C)CCC)CCCCC2)cc1)C(=O)OCCC. The number of carbonyl (C=O) groups is 4. The van der Waals surface area contributed by atoms with Crippen LogP contribution in [0.1, 0.15) is 191 Å². The monoisotopic (exact) mass is 863 g/mol. The number of benzene rings is 2. The zero-order valence-electron chi connectivity index (χ0n) is 39.0. The van der Waals surface area contributed by atoms with Gasteiger partial charge in [-0.25, -0.2) is 19.2 Å². The second-order valence-corrected chi connectivity index (χ2v) is 18.2. The van der Waals surface area contributed by atoms with Crippen molar-refractivity contribution in [3.8, 4) is 11.5 Å². The predicted molar refractivity (Wildman–Crippen MR) is 242 cm³/mol. The van der Waals surface area contributed by atoms with E-state index in [9.17, 15) is 19.2 Å². The van der Waals surface area contributed by atoms with E-state index >= 15 is 0 Å². The first-order valence-electron chi connectivity index (χ1n) is 24.2. The summed E-state index contributed by atoms with van der Waals surface area (Å²) in [4.78, 5) is 54.0. The lowest BCUT2D eigenvalue weighted by Gasteiger charge is -2.43. The van der Waals surface area contributed by atoms with Gasteiger partial charge >= 0.3 is 23.9 Å². The van der Waals surface area contributed by atoms with Gasteiger partial charge in [0, 0.05) is 0 Å². The van der Waals surface area contributed by atoms with Crippen LogP contribution in [0.4, 0.5) is 0 Å². The van der Waals surface area contributed by atoms with E-state index in [1.807, 2.05) is 0 Å². The standard InChI is InChI=1S/C52H78O10/c1-7-19-39(5)51(29-13-11-14-30-51)33-17-37-57-43-25-21-41(22-26-43)47(53)61-45(49(55)59-35-9-3)46(50(56)60-36-10-4)62-48(54)42-23-27-44(28-24-42)58-38-18-34-52(40(6)20-8-2)31-15-12-16-32-52/h21-28,39-40,45-46H,7-20,29-38H2,1-6H3/t39?,40?,45-,46-/m1/s1. The summed E-state index contributed by atoms with van der Waals surface area (Å²) in [6, 6.07) is 12.9. The van der Waals surface area contributed by atoms with Crippen molar-refractivity contribution in [2.75, 3.05) is 26.4 Å². The average molecular weight is 863 g/mol. The molecule has 0 aromatic heterocycles. The van der Waals surface area contributed by atoms with Crippen molar-refractivity contribution in [2.24, 2.45) is 22.7 Å². The van der Waals surface area contributed by atoms with Gasteiger partial charge in [0.1, 0.15) is 11.5 Å². The topological polar surface area (TPSA) is 124 Å². The molecule has 0 saturated heterocycles. The minimum atomic E-state index is -1.92. The van der Waals surface area contributed by atoms with Gasteiger partial charge in [-0.1, -0.05) is 106 Å². The number of rotatable bonds is 27. The molecule has 0 radical (unpaired) electrons. The summed E-state index contributed by atoms with van der Waals surface area (Å²) in [5.74, 6) is -1.26. The molecule has 2 aromatic carbocycles. The maximum Gasteiger partial charge on any atom is 0.352 e. The minimum Gasteiger partial charge on any atom is -0.494 e. The van der Waals surface area contributed by atoms with Crippen LogP contribution in [0.15, 0.2) is 48.5 Å². The molecule has 10 nitrogen and oxygen atoms in total. The summed E-state index contributed by atoms with van der Waals surface area (Å²) < 4.78 is 34.2. The highest BCUT2D eigenvalue weighted by Gasteiger charge is 2.43. The summed E-state index contributed by atoms with van der Waals surface area (Å²) in [6.45, 7) is 14.1. The van der Waals surface area contributed by atoms with Crippen LogP contribution in [0.25, 0.3) is 0 Å². The van der Waals surface area contributed by atoms with Crippen LogP contribution >= 0.6 is 0 Å². The van der Waals surface area contributed by atoms with E-state index in [1.54, 1.807) is 62.4 Å². The lowest BCUT2D eigenvalue weighted by Crippen LogP contribution is -2.47. The molecule has 2 aliphatic rings. The van der Waals surface area contributed by atoms with Crippen LogP contribution in [0.5, 0.6) is 11.5 Å². The number of ether oxygens (including phenoxy) is 6. The Kier molecular flexibility index (Phi) is 21.6. The molecule has 2 aromatic rings. The lowest BCUT2D eigenvalue weighted by molar-refractivity contribution is -0.174. The average Bonchev–Trinajstić information content (AvgIpc) is 3.29. The minimum absolute atomic E-state index is 0.00242. The first kappa shape index (κ1) is 50.6. The van der Waals surface area contributed by atoms with Crippen LogP contribution in [-0.4, -0.2) is 62.5 Å². The molecule has 0 amide bonds. The van der Waals surface area contributed by atoms with Crippen molar-refractivity contribution in [3.63, 3.8) is 0 Å². The number of carbonyl (C=O) groups excluding carboxylic acids is 4. The molecular weight excluding hydrogens is 785 g/mol. The van der Waals surface area contributed by atoms with Crippen LogP contribution in [-0.2, 0) is 28.5 Å². The van der Waals surface area contributed by atoms with Gasteiger partial charge in [0.15, 0.2) is 0 Å². The van der Waals surface area contributed by atoms with Gasteiger partial charge in [-0.3, -0.25) is 0 Å². The summed E-state index contributed by atoms with van der Waals surface area (Å²) in [5, 5.41) is 0. The maximum absolute atomic E-state index is 13.6. The molecule has 62 heavy (non-hydrogen) atoms. The third kappa shape index (κ3) is 15.0. The van der Waals surface area contributed by atoms with Crippen molar-refractivity contribution < 1.29 is 47.6 Å². The Morgan fingerprint density at radius 1 is 0.500 bits per heavy atom. The predicted octanol–water partition coefficient (Wildman–Crippen LogP) is 12.4. The first-order chi connectivity index (χ1) is 30.0. The second-order valence-electron chi connectivity index (χ2n) is 18.2. The fourth-order valence-corrected chi connectivity index (χ4v) is 9.97. The normalized spacial score (nSPS) is 17.7. The van der Waals surface area contributed by atoms with E-state index in [2.05, 4.69) is 27.7 Å². The molecule has 4 atom stereocenters. The fourth-order valence-electron chi connectivity index (χ4n) is 9.97. The molecule has 2 unspecified atom stereocenters. The van der Waals surface area contributed by atoms with E-state index in [0.717, 1.165) is 25.7 Å². The third-order valence-electron chi connectivity index (χ3n) is 13.7. The molecule has 2 aliphatic carbocycles. The second kappa shape index (κ2) is 26.5. The van der Waals surface area contributed by atoms with E-state index in [1.165, 1.54) is 89.9 Å². The first-order valence-corrected chi connectivity index (χ1v) is 24.2.